The van der Waals surface area contributed by atoms with Gasteiger partial charge in [-0.15, -0.1) is 0 Å². The largest absolute Gasteiger partial charge is 0.364 e. The predicted octanol–water partition coefficient (Wildman–Crippen LogP) is 2.31. The van der Waals surface area contributed by atoms with Crippen molar-refractivity contribution in [1.82, 2.24) is 10.2 Å². The van der Waals surface area contributed by atoms with Crippen LogP contribution in [0.15, 0.2) is 30.3 Å². The monoisotopic (exact) mass is 316 g/mol. The molecule has 122 valence electrons. The van der Waals surface area contributed by atoms with Crippen molar-refractivity contribution >= 4 is 17.3 Å². The number of non-ortho nitro benzene ring substituents is 1. The fourth-order valence-electron chi connectivity index (χ4n) is 2.01. The summed E-state index contributed by atoms with van der Waals surface area (Å²) >= 11 is 0. The third-order valence-electron chi connectivity index (χ3n) is 2.86. The molecule has 0 fully saturated rings. The molecule has 0 aromatic heterocycles. The lowest BCUT2D eigenvalue weighted by atomic mass is 10.1. The zero-order chi connectivity index (χ0) is 17.6. The van der Waals surface area contributed by atoms with Gasteiger partial charge in [-0.05, 0) is 20.8 Å². The summed E-state index contributed by atoms with van der Waals surface area (Å²) in [4.78, 5) is 24.0. The predicted molar refractivity (Wildman–Crippen MR) is 87.2 cm³/mol. The summed E-state index contributed by atoms with van der Waals surface area (Å²) in [6.45, 7) is 5.65. The molecule has 23 heavy (non-hydrogen) atoms. The van der Waals surface area contributed by atoms with Crippen molar-refractivity contribution in [1.29, 1.82) is 5.26 Å². The normalized spacial score (nSPS) is 11.5. The van der Waals surface area contributed by atoms with Crippen molar-refractivity contribution in [2.24, 2.45) is 0 Å². The van der Waals surface area contributed by atoms with Crippen LogP contribution in [0.1, 0.15) is 26.3 Å². The highest BCUT2D eigenvalue weighted by molar-refractivity contribution is 5.81. The quantitative estimate of drug-likeness (QED) is 0.510. The number of nitro benzene ring substituents is 1. The molecule has 0 atom stereocenters. The summed E-state index contributed by atoms with van der Waals surface area (Å²) in [5, 5.41) is 22.7. The highest BCUT2D eigenvalue weighted by Gasteiger charge is 2.18. The number of nitrogens with zero attached hydrogens (tertiary/aromatic N) is 3. The lowest BCUT2D eigenvalue weighted by molar-refractivity contribution is -0.384. The molecule has 7 heteroatoms. The van der Waals surface area contributed by atoms with E-state index in [0.29, 0.717) is 11.3 Å². The number of hydrogen-bond donors (Lipinski definition) is 1. The average Bonchev–Trinajstić information content (AvgIpc) is 2.42. The number of likely N-dealkylation sites (N-methyl/N-ethyl adjacent to an activating group) is 1. The van der Waals surface area contributed by atoms with Crippen LogP contribution in [0.3, 0.4) is 0 Å². The summed E-state index contributed by atoms with van der Waals surface area (Å²) in [6.07, 6.45) is 1.27. The molecule has 1 amide bonds. The molecule has 0 saturated carbocycles. The molecule has 0 aliphatic heterocycles. The van der Waals surface area contributed by atoms with Gasteiger partial charge in [0.2, 0.25) is 5.91 Å². The molecule has 0 aliphatic carbocycles. The summed E-state index contributed by atoms with van der Waals surface area (Å²) in [6, 6.07) is 7.87. The second kappa shape index (κ2) is 7.40. The van der Waals surface area contributed by atoms with E-state index in [0.717, 1.165) is 0 Å². The van der Waals surface area contributed by atoms with E-state index in [2.05, 4.69) is 5.32 Å². The first-order valence-corrected chi connectivity index (χ1v) is 7.01. The molecule has 1 aromatic rings. The van der Waals surface area contributed by atoms with Crippen LogP contribution >= 0.6 is 0 Å². The average molecular weight is 316 g/mol. The number of carbonyl (C=O) groups excluding carboxylic acids is 1. The number of benzene rings is 1. The van der Waals surface area contributed by atoms with Gasteiger partial charge in [0, 0.05) is 36.4 Å². The van der Waals surface area contributed by atoms with Gasteiger partial charge in [0.15, 0.2) is 0 Å². The zero-order valence-corrected chi connectivity index (χ0v) is 13.7. The summed E-state index contributed by atoms with van der Waals surface area (Å²) in [7, 11) is 1.66. The topological polar surface area (TPSA) is 99.3 Å². The number of nitriles is 1. The number of nitro groups is 1. The molecular formula is C16H20N4O3. The summed E-state index contributed by atoms with van der Waals surface area (Å²) in [5.74, 6) is -0.200. The molecule has 1 N–H and O–H groups in total. The minimum Gasteiger partial charge on any atom is -0.364 e. The lowest BCUT2D eigenvalue weighted by Gasteiger charge is -2.25. The zero-order valence-electron chi connectivity index (χ0n) is 13.7. The van der Waals surface area contributed by atoms with Crippen molar-refractivity contribution in [3.8, 4) is 6.07 Å². The highest BCUT2D eigenvalue weighted by Crippen LogP contribution is 2.22. The van der Waals surface area contributed by atoms with Crippen LogP contribution in [0.5, 0.6) is 0 Å². The van der Waals surface area contributed by atoms with Crippen molar-refractivity contribution in [3.63, 3.8) is 0 Å². The van der Waals surface area contributed by atoms with Crippen LogP contribution in [-0.4, -0.2) is 34.9 Å². The molecule has 0 saturated heterocycles. The minimum atomic E-state index is -0.500. The summed E-state index contributed by atoms with van der Waals surface area (Å²) < 4.78 is 0. The standard InChI is InChI=1S/C16H20N4O3/c1-16(2,3)18-15(21)11-19(4)14(8-9-17)12-6-5-7-13(10-12)20(22)23/h5-8,10H,11H2,1-4H3,(H,18,21)/b14-8+. The fourth-order valence-corrected chi connectivity index (χ4v) is 2.01. The number of nitrogens with one attached hydrogen (secondary N) is 1. The van der Waals surface area contributed by atoms with Crippen molar-refractivity contribution in [2.75, 3.05) is 13.6 Å². The van der Waals surface area contributed by atoms with Crippen LogP contribution < -0.4 is 5.32 Å². The van der Waals surface area contributed by atoms with E-state index < -0.39 is 4.92 Å². The van der Waals surface area contributed by atoms with Gasteiger partial charge in [-0.25, -0.2) is 0 Å². The van der Waals surface area contributed by atoms with E-state index in [4.69, 9.17) is 5.26 Å². The first kappa shape index (κ1) is 18.2. The molecular weight excluding hydrogens is 296 g/mol. The van der Waals surface area contributed by atoms with Crippen LogP contribution in [-0.2, 0) is 4.79 Å². The van der Waals surface area contributed by atoms with E-state index in [1.54, 1.807) is 24.1 Å². The van der Waals surface area contributed by atoms with Crippen molar-refractivity contribution in [2.45, 2.75) is 26.3 Å². The lowest BCUT2D eigenvalue weighted by Crippen LogP contribution is -2.44. The second-order valence-corrected chi connectivity index (χ2v) is 6.12. The maximum atomic E-state index is 12.0. The van der Waals surface area contributed by atoms with Gasteiger partial charge in [0.25, 0.3) is 5.69 Å². The van der Waals surface area contributed by atoms with Gasteiger partial charge in [0.1, 0.15) is 0 Å². The van der Waals surface area contributed by atoms with Gasteiger partial charge in [-0.1, -0.05) is 12.1 Å². The molecule has 7 nitrogen and oxygen atoms in total. The van der Waals surface area contributed by atoms with Crippen LogP contribution in [0.4, 0.5) is 5.69 Å². The molecule has 1 aromatic carbocycles. The van der Waals surface area contributed by atoms with Gasteiger partial charge >= 0.3 is 0 Å². The van der Waals surface area contributed by atoms with E-state index in [1.807, 2.05) is 26.8 Å². The molecule has 0 bridgehead atoms. The number of allylic oxidation sites excluding steroid dienone is 1. The molecule has 0 aliphatic rings. The number of rotatable bonds is 5. The molecule has 0 spiro atoms. The third kappa shape index (κ3) is 5.79. The Balaban J connectivity index is 3.02. The Morgan fingerprint density at radius 1 is 1.48 bits per heavy atom. The van der Waals surface area contributed by atoms with Crippen LogP contribution in [0.25, 0.3) is 5.70 Å². The summed E-state index contributed by atoms with van der Waals surface area (Å²) in [5.41, 5.74) is 0.522. The molecule has 0 unspecified atom stereocenters. The fraction of sp³-hybridized carbons (Fsp3) is 0.375. The molecule has 1 rings (SSSR count). The van der Waals surface area contributed by atoms with E-state index in [-0.39, 0.29) is 23.7 Å². The Morgan fingerprint density at radius 2 is 2.13 bits per heavy atom. The third-order valence-corrected chi connectivity index (χ3v) is 2.86. The smallest absolute Gasteiger partial charge is 0.270 e. The van der Waals surface area contributed by atoms with Gasteiger partial charge < -0.3 is 10.2 Å². The van der Waals surface area contributed by atoms with E-state index in [9.17, 15) is 14.9 Å². The molecule has 0 radical (unpaired) electrons. The maximum absolute atomic E-state index is 12.0. The minimum absolute atomic E-state index is 0.0352. The number of carbonyl (C=O) groups is 1. The van der Waals surface area contributed by atoms with Crippen molar-refractivity contribution in [3.05, 3.63) is 46.0 Å². The van der Waals surface area contributed by atoms with E-state index in [1.165, 1.54) is 18.2 Å². The van der Waals surface area contributed by atoms with Gasteiger partial charge in [-0.3, -0.25) is 14.9 Å². The van der Waals surface area contributed by atoms with Crippen LogP contribution in [0, 0.1) is 21.4 Å². The second-order valence-electron chi connectivity index (χ2n) is 6.12. The van der Waals surface area contributed by atoms with Gasteiger partial charge in [-0.2, -0.15) is 5.26 Å². The Morgan fingerprint density at radius 3 is 2.65 bits per heavy atom. The van der Waals surface area contributed by atoms with Crippen molar-refractivity contribution < 1.29 is 9.72 Å². The number of hydrogen-bond acceptors (Lipinski definition) is 5. The highest BCUT2D eigenvalue weighted by atomic mass is 16.6. The maximum Gasteiger partial charge on any atom is 0.270 e. The Bertz CT molecular complexity index is 669. The first-order valence-electron chi connectivity index (χ1n) is 7.01. The first-order chi connectivity index (χ1) is 10.6. The van der Waals surface area contributed by atoms with Gasteiger partial charge in [0.05, 0.1) is 23.2 Å². The Kier molecular flexibility index (Phi) is 5.85. The Labute approximate surface area is 135 Å². The number of amides is 1. The SMILES string of the molecule is CN(CC(=O)NC(C)(C)C)/C(=C/C#N)c1cccc([N+](=O)[O-])c1. The Hall–Kier alpha value is -2.88. The van der Waals surface area contributed by atoms with Crippen LogP contribution in [0.2, 0.25) is 0 Å². The van der Waals surface area contributed by atoms with E-state index >= 15 is 0 Å². The molecule has 0 heterocycles.